The summed E-state index contributed by atoms with van der Waals surface area (Å²) < 4.78 is 5.99. The second-order valence-corrected chi connectivity index (χ2v) is 5.68. The third kappa shape index (κ3) is 2.51. The monoisotopic (exact) mass is 210 g/mol. The van der Waals surface area contributed by atoms with Crippen molar-refractivity contribution in [2.75, 3.05) is 19.6 Å². The van der Waals surface area contributed by atoms with Crippen molar-refractivity contribution in [2.24, 2.45) is 16.3 Å². The summed E-state index contributed by atoms with van der Waals surface area (Å²) in [6.45, 7) is 9.72. The molecule has 1 atom stereocenters. The van der Waals surface area contributed by atoms with Crippen LogP contribution in [0.5, 0.6) is 0 Å². The number of ether oxygens (including phenoxy) is 1. The van der Waals surface area contributed by atoms with Gasteiger partial charge in [-0.25, -0.2) is 0 Å². The number of hydrogen-bond acceptors (Lipinski definition) is 3. The van der Waals surface area contributed by atoms with E-state index in [0.29, 0.717) is 5.92 Å². The number of hydrogen-bond donors (Lipinski definition) is 1. The molecule has 2 aliphatic rings. The lowest BCUT2D eigenvalue weighted by atomic mass is 9.89. The zero-order chi connectivity index (χ0) is 10.9. The average molecular weight is 210 g/mol. The van der Waals surface area contributed by atoms with E-state index in [4.69, 9.17) is 4.74 Å². The van der Waals surface area contributed by atoms with Gasteiger partial charge in [0.1, 0.15) is 6.10 Å². The molecule has 86 valence electrons. The predicted octanol–water partition coefficient (Wildman–Crippen LogP) is 1.83. The fraction of sp³-hybridized carbons (Fsp3) is 0.917. The van der Waals surface area contributed by atoms with Crippen molar-refractivity contribution in [3.05, 3.63) is 0 Å². The summed E-state index contributed by atoms with van der Waals surface area (Å²) in [5.74, 6) is 1.59. The van der Waals surface area contributed by atoms with Crippen molar-refractivity contribution in [3.8, 4) is 0 Å². The Morgan fingerprint density at radius 1 is 1.27 bits per heavy atom. The fourth-order valence-corrected chi connectivity index (χ4v) is 2.14. The van der Waals surface area contributed by atoms with E-state index in [2.05, 4.69) is 31.1 Å². The van der Waals surface area contributed by atoms with Crippen molar-refractivity contribution in [2.45, 2.75) is 39.7 Å². The van der Waals surface area contributed by atoms with Crippen LogP contribution in [0, 0.1) is 11.3 Å². The maximum Gasteiger partial charge on any atom is 0.187 e. The Bertz CT molecular complexity index is 249. The zero-order valence-corrected chi connectivity index (χ0v) is 10.0. The largest absolute Gasteiger partial charge is 0.475 e. The number of piperidine rings is 1. The van der Waals surface area contributed by atoms with Crippen molar-refractivity contribution in [3.63, 3.8) is 0 Å². The van der Waals surface area contributed by atoms with Crippen LogP contribution in [0.25, 0.3) is 0 Å². The van der Waals surface area contributed by atoms with Gasteiger partial charge in [0.2, 0.25) is 0 Å². The molecule has 0 bridgehead atoms. The van der Waals surface area contributed by atoms with Gasteiger partial charge in [0, 0.05) is 11.3 Å². The molecule has 2 aliphatic heterocycles. The first-order valence-corrected chi connectivity index (χ1v) is 5.99. The van der Waals surface area contributed by atoms with Crippen LogP contribution in [0.15, 0.2) is 4.99 Å². The molecule has 0 aliphatic carbocycles. The van der Waals surface area contributed by atoms with Crippen molar-refractivity contribution < 1.29 is 4.74 Å². The standard InChI is InChI=1S/C12H22N2O/c1-12(2,3)10-8-14-11(15-10)9-4-6-13-7-5-9/h9-10,13H,4-8H2,1-3H3. The Morgan fingerprint density at radius 2 is 1.93 bits per heavy atom. The lowest BCUT2D eigenvalue weighted by Gasteiger charge is -2.28. The highest BCUT2D eigenvalue weighted by atomic mass is 16.5. The van der Waals surface area contributed by atoms with Crippen molar-refractivity contribution in [1.82, 2.24) is 5.32 Å². The van der Waals surface area contributed by atoms with E-state index >= 15 is 0 Å². The van der Waals surface area contributed by atoms with Gasteiger partial charge in [-0.3, -0.25) is 4.99 Å². The highest BCUT2D eigenvalue weighted by Gasteiger charge is 2.34. The van der Waals surface area contributed by atoms with E-state index in [9.17, 15) is 0 Å². The van der Waals surface area contributed by atoms with Crippen LogP contribution in [0.3, 0.4) is 0 Å². The molecule has 2 rings (SSSR count). The molecule has 2 heterocycles. The molecule has 0 aromatic rings. The van der Waals surface area contributed by atoms with Gasteiger partial charge in [-0.1, -0.05) is 20.8 Å². The van der Waals surface area contributed by atoms with Crippen molar-refractivity contribution >= 4 is 5.90 Å². The van der Waals surface area contributed by atoms with E-state index in [1.807, 2.05) is 0 Å². The average Bonchev–Trinajstić information content (AvgIpc) is 2.67. The Balaban J connectivity index is 1.91. The molecule has 0 aromatic heterocycles. The first-order chi connectivity index (χ1) is 7.07. The van der Waals surface area contributed by atoms with E-state index < -0.39 is 0 Å². The molecule has 1 N–H and O–H groups in total. The Kier molecular flexibility index (Phi) is 3.01. The van der Waals surface area contributed by atoms with Crippen LogP contribution >= 0.6 is 0 Å². The molecular weight excluding hydrogens is 188 g/mol. The summed E-state index contributed by atoms with van der Waals surface area (Å²) in [7, 11) is 0. The van der Waals surface area contributed by atoms with Crippen LogP contribution < -0.4 is 5.32 Å². The van der Waals surface area contributed by atoms with E-state index in [1.165, 1.54) is 12.8 Å². The third-order valence-corrected chi connectivity index (χ3v) is 3.33. The highest BCUT2D eigenvalue weighted by molar-refractivity contribution is 5.80. The Labute approximate surface area is 92.3 Å². The summed E-state index contributed by atoms with van der Waals surface area (Å²) in [6, 6.07) is 0. The minimum atomic E-state index is 0.207. The summed E-state index contributed by atoms with van der Waals surface area (Å²) in [5, 5.41) is 3.37. The van der Waals surface area contributed by atoms with Crippen LogP contribution in [0.2, 0.25) is 0 Å². The Morgan fingerprint density at radius 3 is 2.47 bits per heavy atom. The first-order valence-electron chi connectivity index (χ1n) is 5.99. The molecule has 0 radical (unpaired) electrons. The molecule has 0 spiro atoms. The van der Waals surface area contributed by atoms with Crippen LogP contribution in [0.1, 0.15) is 33.6 Å². The minimum absolute atomic E-state index is 0.207. The lowest BCUT2D eigenvalue weighted by Crippen LogP contribution is -2.35. The second kappa shape index (κ2) is 4.12. The summed E-state index contributed by atoms with van der Waals surface area (Å²) in [4.78, 5) is 4.57. The van der Waals surface area contributed by atoms with Crippen LogP contribution in [-0.4, -0.2) is 31.6 Å². The van der Waals surface area contributed by atoms with Gasteiger partial charge in [0.05, 0.1) is 6.54 Å². The topological polar surface area (TPSA) is 33.6 Å². The predicted molar refractivity (Wildman–Crippen MR) is 62.2 cm³/mol. The molecule has 3 nitrogen and oxygen atoms in total. The number of nitrogens with zero attached hydrogens (tertiary/aromatic N) is 1. The second-order valence-electron chi connectivity index (χ2n) is 5.68. The SMILES string of the molecule is CC(C)(C)C1CN=C(C2CCNCC2)O1. The van der Waals surface area contributed by atoms with Gasteiger partial charge in [-0.05, 0) is 25.9 Å². The zero-order valence-electron chi connectivity index (χ0n) is 10.0. The third-order valence-electron chi connectivity index (χ3n) is 3.33. The maximum atomic E-state index is 5.99. The Hall–Kier alpha value is -0.570. The number of rotatable bonds is 1. The van der Waals surface area contributed by atoms with E-state index in [0.717, 1.165) is 25.5 Å². The molecule has 1 saturated heterocycles. The first kappa shape index (κ1) is 10.9. The van der Waals surface area contributed by atoms with E-state index in [1.54, 1.807) is 0 Å². The van der Waals surface area contributed by atoms with E-state index in [-0.39, 0.29) is 11.5 Å². The van der Waals surface area contributed by atoms with Gasteiger partial charge in [0.25, 0.3) is 0 Å². The molecule has 0 saturated carbocycles. The van der Waals surface area contributed by atoms with Gasteiger partial charge in [0.15, 0.2) is 5.90 Å². The lowest BCUT2D eigenvalue weighted by molar-refractivity contribution is 0.0943. The quantitative estimate of drug-likeness (QED) is 0.716. The summed E-state index contributed by atoms with van der Waals surface area (Å²) >= 11 is 0. The van der Waals surface area contributed by atoms with Gasteiger partial charge < -0.3 is 10.1 Å². The summed E-state index contributed by atoms with van der Waals surface area (Å²) in [6.07, 6.45) is 2.63. The van der Waals surface area contributed by atoms with Crippen LogP contribution in [0.4, 0.5) is 0 Å². The van der Waals surface area contributed by atoms with Gasteiger partial charge in [-0.2, -0.15) is 0 Å². The van der Waals surface area contributed by atoms with Crippen molar-refractivity contribution in [1.29, 1.82) is 0 Å². The summed E-state index contributed by atoms with van der Waals surface area (Å²) in [5.41, 5.74) is 0.207. The van der Waals surface area contributed by atoms with Gasteiger partial charge >= 0.3 is 0 Å². The van der Waals surface area contributed by atoms with Crippen LogP contribution in [-0.2, 0) is 4.74 Å². The molecule has 3 heteroatoms. The highest BCUT2D eigenvalue weighted by Crippen LogP contribution is 2.29. The maximum absolute atomic E-state index is 5.99. The molecule has 15 heavy (non-hydrogen) atoms. The minimum Gasteiger partial charge on any atom is -0.475 e. The fourth-order valence-electron chi connectivity index (χ4n) is 2.14. The molecule has 1 fully saturated rings. The number of nitrogens with one attached hydrogen (secondary N) is 1. The normalized spacial score (nSPS) is 28.7. The molecule has 0 amide bonds. The number of aliphatic imine (C=N–C) groups is 1. The van der Waals surface area contributed by atoms with Gasteiger partial charge in [-0.15, -0.1) is 0 Å². The molecular formula is C12H22N2O. The smallest absolute Gasteiger partial charge is 0.187 e. The molecule has 0 aromatic carbocycles. The molecule has 1 unspecified atom stereocenters.